The maximum atomic E-state index is 10.4. The fourth-order valence-corrected chi connectivity index (χ4v) is 3.18. The maximum absolute atomic E-state index is 10.4. The Balaban J connectivity index is 1.97. The van der Waals surface area contributed by atoms with Gasteiger partial charge in [-0.25, -0.2) is 4.98 Å². The molecule has 1 N–H and O–H groups in total. The summed E-state index contributed by atoms with van der Waals surface area (Å²) in [7, 11) is 0. The van der Waals surface area contributed by atoms with E-state index in [0.717, 1.165) is 27.4 Å². The number of nitrogens with zero attached hydrogens (tertiary/aromatic N) is 1. The minimum absolute atomic E-state index is 0.0219. The van der Waals surface area contributed by atoms with E-state index in [0.29, 0.717) is 5.75 Å². The van der Waals surface area contributed by atoms with Gasteiger partial charge in [-0.3, -0.25) is 0 Å². The molecule has 2 nitrogen and oxygen atoms in total. The van der Waals surface area contributed by atoms with Crippen molar-refractivity contribution in [3.8, 4) is 27.6 Å². The lowest BCUT2D eigenvalue weighted by Crippen LogP contribution is -2.10. The molecule has 0 unspecified atom stereocenters. The zero-order valence-electron chi connectivity index (χ0n) is 13.0. The number of thiazole rings is 1. The number of hydrogen-bond donors (Lipinski definition) is 1. The van der Waals surface area contributed by atoms with Crippen LogP contribution in [0.5, 0.6) is 5.75 Å². The van der Waals surface area contributed by atoms with Crippen LogP contribution in [0.1, 0.15) is 26.3 Å². The lowest BCUT2D eigenvalue weighted by Gasteiger charge is -2.19. The van der Waals surface area contributed by atoms with E-state index in [4.69, 9.17) is 0 Å². The summed E-state index contributed by atoms with van der Waals surface area (Å²) in [5, 5.41) is 13.2. The molecule has 0 saturated heterocycles. The van der Waals surface area contributed by atoms with Crippen molar-refractivity contribution in [3.63, 3.8) is 0 Å². The quantitative estimate of drug-likeness (QED) is 0.680. The Hall–Kier alpha value is -2.13. The number of phenols is 1. The highest BCUT2D eigenvalue weighted by atomic mass is 32.1. The van der Waals surface area contributed by atoms with E-state index in [2.05, 4.69) is 31.8 Å². The number of phenolic OH excluding ortho intramolecular Hbond substituents is 1. The van der Waals surface area contributed by atoms with Gasteiger partial charge in [-0.15, -0.1) is 11.3 Å². The molecule has 0 spiro atoms. The molecule has 112 valence electrons. The molecule has 1 heterocycles. The number of benzene rings is 2. The molecule has 1 aromatic heterocycles. The second-order valence-corrected chi connectivity index (χ2v) is 7.24. The highest BCUT2D eigenvalue weighted by molar-refractivity contribution is 7.13. The van der Waals surface area contributed by atoms with Crippen molar-refractivity contribution in [1.82, 2.24) is 4.98 Å². The Morgan fingerprint density at radius 1 is 1.00 bits per heavy atom. The van der Waals surface area contributed by atoms with Crippen LogP contribution in [0.15, 0.2) is 53.9 Å². The third-order valence-corrected chi connectivity index (χ3v) is 4.54. The van der Waals surface area contributed by atoms with Crippen LogP contribution in [0.4, 0.5) is 0 Å². The highest BCUT2D eigenvalue weighted by Gasteiger charge is 2.17. The largest absolute Gasteiger partial charge is 0.507 e. The molecule has 0 fully saturated rings. The molecule has 0 aliphatic rings. The monoisotopic (exact) mass is 309 g/mol. The summed E-state index contributed by atoms with van der Waals surface area (Å²) >= 11 is 1.55. The standard InChI is InChI=1S/C19H19NOS/c1-19(2,3)14-9-10-15(17(21)11-14)18-20-16(12-22-18)13-7-5-4-6-8-13/h4-12,21H,1-3H3. The zero-order chi connectivity index (χ0) is 15.7. The van der Waals surface area contributed by atoms with Gasteiger partial charge in [0.15, 0.2) is 0 Å². The molecule has 22 heavy (non-hydrogen) atoms. The number of rotatable bonds is 2. The summed E-state index contributed by atoms with van der Waals surface area (Å²) in [5.41, 5.74) is 3.97. The first-order valence-corrected chi connectivity index (χ1v) is 8.18. The summed E-state index contributed by atoms with van der Waals surface area (Å²) in [6, 6.07) is 16.0. The Bertz CT molecular complexity index is 785. The van der Waals surface area contributed by atoms with Crippen molar-refractivity contribution in [2.24, 2.45) is 0 Å². The molecule has 0 saturated carbocycles. The molecule has 2 aromatic carbocycles. The average Bonchev–Trinajstić information content (AvgIpc) is 2.96. The fourth-order valence-electron chi connectivity index (χ4n) is 2.32. The first-order chi connectivity index (χ1) is 10.4. The molecule has 0 aliphatic heterocycles. The van der Waals surface area contributed by atoms with Gasteiger partial charge in [0, 0.05) is 10.9 Å². The molecule has 0 amide bonds. The molecule has 0 bridgehead atoms. The lowest BCUT2D eigenvalue weighted by atomic mass is 9.86. The van der Waals surface area contributed by atoms with Crippen molar-refractivity contribution in [2.45, 2.75) is 26.2 Å². The third kappa shape index (κ3) is 2.90. The van der Waals surface area contributed by atoms with Crippen LogP contribution in [0.25, 0.3) is 21.8 Å². The summed E-state index contributed by atoms with van der Waals surface area (Å²) < 4.78 is 0. The molecular formula is C19H19NOS. The average molecular weight is 309 g/mol. The van der Waals surface area contributed by atoms with Crippen LogP contribution in [0, 0.1) is 0 Å². The van der Waals surface area contributed by atoms with Gasteiger partial charge in [-0.1, -0.05) is 57.2 Å². The highest BCUT2D eigenvalue weighted by Crippen LogP contribution is 2.36. The van der Waals surface area contributed by atoms with Gasteiger partial charge in [0.2, 0.25) is 0 Å². The van der Waals surface area contributed by atoms with Crippen molar-refractivity contribution in [2.75, 3.05) is 0 Å². The van der Waals surface area contributed by atoms with Crippen LogP contribution in [-0.2, 0) is 5.41 Å². The topological polar surface area (TPSA) is 33.1 Å². The van der Waals surface area contributed by atoms with Crippen LogP contribution < -0.4 is 0 Å². The van der Waals surface area contributed by atoms with Crippen LogP contribution in [0.3, 0.4) is 0 Å². The van der Waals surface area contributed by atoms with E-state index in [-0.39, 0.29) is 5.41 Å². The van der Waals surface area contributed by atoms with E-state index in [1.807, 2.05) is 47.8 Å². The minimum Gasteiger partial charge on any atom is -0.507 e. The van der Waals surface area contributed by atoms with Gasteiger partial charge in [-0.2, -0.15) is 0 Å². The van der Waals surface area contributed by atoms with Crippen molar-refractivity contribution in [3.05, 3.63) is 59.5 Å². The Labute approximate surface area is 135 Å². The van der Waals surface area contributed by atoms with Gasteiger partial charge in [-0.05, 0) is 23.1 Å². The summed E-state index contributed by atoms with van der Waals surface area (Å²) in [4.78, 5) is 4.66. The van der Waals surface area contributed by atoms with E-state index >= 15 is 0 Å². The van der Waals surface area contributed by atoms with E-state index in [9.17, 15) is 5.11 Å². The Morgan fingerprint density at radius 2 is 1.73 bits per heavy atom. The minimum atomic E-state index is 0.0219. The predicted octanol–water partition coefficient (Wildman–Crippen LogP) is 5.48. The summed E-state index contributed by atoms with van der Waals surface area (Å²) in [5.74, 6) is 0.293. The van der Waals surface area contributed by atoms with Gasteiger partial charge >= 0.3 is 0 Å². The van der Waals surface area contributed by atoms with Crippen LogP contribution in [-0.4, -0.2) is 10.1 Å². The maximum Gasteiger partial charge on any atom is 0.127 e. The second kappa shape index (κ2) is 5.58. The number of aromatic hydroxyl groups is 1. The van der Waals surface area contributed by atoms with Crippen molar-refractivity contribution < 1.29 is 5.11 Å². The van der Waals surface area contributed by atoms with Gasteiger partial charge < -0.3 is 5.11 Å². The van der Waals surface area contributed by atoms with Crippen molar-refractivity contribution >= 4 is 11.3 Å². The molecule has 3 rings (SSSR count). The molecule has 0 radical (unpaired) electrons. The second-order valence-electron chi connectivity index (χ2n) is 6.39. The zero-order valence-corrected chi connectivity index (χ0v) is 13.8. The van der Waals surface area contributed by atoms with Crippen LogP contribution >= 0.6 is 11.3 Å². The first-order valence-electron chi connectivity index (χ1n) is 7.30. The van der Waals surface area contributed by atoms with Crippen molar-refractivity contribution in [1.29, 1.82) is 0 Å². The molecular weight excluding hydrogens is 290 g/mol. The first kappa shape index (κ1) is 14.8. The smallest absolute Gasteiger partial charge is 0.127 e. The van der Waals surface area contributed by atoms with Gasteiger partial charge in [0.05, 0.1) is 11.3 Å². The van der Waals surface area contributed by atoms with Gasteiger partial charge in [0.1, 0.15) is 10.8 Å². The Kier molecular flexibility index (Phi) is 3.75. The normalized spacial score (nSPS) is 11.6. The predicted molar refractivity (Wildman–Crippen MR) is 93.4 cm³/mol. The molecule has 0 atom stereocenters. The SMILES string of the molecule is CC(C)(C)c1ccc(-c2nc(-c3ccccc3)cs2)c(O)c1. The summed E-state index contributed by atoms with van der Waals surface area (Å²) in [6.45, 7) is 6.41. The molecule has 0 aliphatic carbocycles. The lowest BCUT2D eigenvalue weighted by molar-refractivity contribution is 0.473. The van der Waals surface area contributed by atoms with Gasteiger partial charge in [0.25, 0.3) is 0 Å². The van der Waals surface area contributed by atoms with Crippen LogP contribution in [0.2, 0.25) is 0 Å². The van der Waals surface area contributed by atoms with E-state index in [1.165, 1.54) is 0 Å². The van der Waals surface area contributed by atoms with E-state index < -0.39 is 0 Å². The fraction of sp³-hybridized carbons (Fsp3) is 0.211. The third-order valence-electron chi connectivity index (χ3n) is 3.67. The molecule has 3 aromatic rings. The number of aromatic nitrogens is 1. The molecule has 3 heteroatoms. The van der Waals surface area contributed by atoms with E-state index in [1.54, 1.807) is 11.3 Å². The Morgan fingerprint density at radius 3 is 2.36 bits per heavy atom. The number of hydrogen-bond acceptors (Lipinski definition) is 3. The summed E-state index contributed by atoms with van der Waals surface area (Å²) in [6.07, 6.45) is 0.